The van der Waals surface area contributed by atoms with E-state index in [1.807, 2.05) is 44.2 Å². The van der Waals surface area contributed by atoms with Gasteiger partial charge in [-0.05, 0) is 44.7 Å². The summed E-state index contributed by atoms with van der Waals surface area (Å²) in [5.74, 6) is 0.895. The molecular weight excluding hydrogens is 773 g/mol. The predicted molar refractivity (Wildman–Crippen MR) is 204 cm³/mol. The van der Waals surface area contributed by atoms with Crippen LogP contribution in [0, 0.1) is 27.4 Å². The standard InChI is InChI=1S/C23H30N2O3S.C13H19N2S.2ClH.Ru/c1-17(2)28-23-12-8-7-11-22(23)24-16-19-13-14-21(15-18(19)3)29(26,27)25-20-9-5-4-6-10-20;1-10-7-11(2)13(12(3)8-10)14-5-6-15(9-14)16-4;;;/h3,7-8,11-15,17,20,24-25H,4-6,9-10,16H2,1-2H3;7-9H,5-6H2,1-4H3;2*1H;/q;-1;;;+2/p-1. The van der Waals surface area contributed by atoms with Crippen LogP contribution in [0.1, 0.15) is 73.8 Å². The van der Waals surface area contributed by atoms with Crippen LogP contribution < -0.4 is 14.9 Å². The van der Waals surface area contributed by atoms with Crippen LogP contribution in [0.25, 0.3) is 0 Å². The second-order valence-corrected chi connectivity index (χ2v) is 20.9. The number of aliphatic hydroxyl groups is 1. The summed E-state index contributed by atoms with van der Waals surface area (Å²) in [6.45, 7) is 15.5. The van der Waals surface area contributed by atoms with Gasteiger partial charge in [0.05, 0.1) is 0 Å². The fourth-order valence-corrected chi connectivity index (χ4v) is 9.87. The molecule has 12 heteroatoms. The van der Waals surface area contributed by atoms with Gasteiger partial charge in [0, 0.05) is 12.2 Å². The summed E-state index contributed by atoms with van der Waals surface area (Å²) in [6, 6.07) is 17.6. The molecule has 48 heavy (non-hydrogen) atoms. The molecule has 3 N–H and O–H groups in total. The fourth-order valence-electron chi connectivity index (χ4n) is 6.20. The van der Waals surface area contributed by atoms with Gasteiger partial charge in [0.1, 0.15) is 0 Å². The summed E-state index contributed by atoms with van der Waals surface area (Å²) < 4.78 is 37.5. The maximum Gasteiger partial charge on any atom is 0.0142 e. The molecule has 1 saturated carbocycles. The zero-order valence-corrected chi connectivity index (χ0v) is 33.6. The second-order valence-electron chi connectivity index (χ2n) is 12.6. The number of hydrogen-bond donors (Lipinski definition) is 2. The molecule has 0 spiro atoms. The van der Waals surface area contributed by atoms with E-state index < -0.39 is 23.5 Å². The summed E-state index contributed by atoms with van der Waals surface area (Å²) in [4.78, 5) is 2.61. The minimum absolute atomic E-state index is 0.00668. The minimum atomic E-state index is -3.60. The first-order valence-electron chi connectivity index (χ1n) is 16.4. The van der Waals surface area contributed by atoms with Crippen LogP contribution >= 0.6 is 31.3 Å². The van der Waals surface area contributed by atoms with Crippen LogP contribution in [0.15, 0.2) is 59.5 Å². The number of benzene rings is 3. The van der Waals surface area contributed by atoms with Crippen molar-refractivity contribution in [2.75, 3.05) is 29.6 Å². The fraction of sp³-hybridized carbons (Fsp3) is 0.444. The monoisotopic (exact) mass is 822 g/mol. The van der Waals surface area contributed by atoms with Crippen LogP contribution in [-0.2, 0) is 30.1 Å². The Morgan fingerprint density at radius 2 is 1.71 bits per heavy atom. The number of nitrogens with one attached hydrogen (secondary N) is 2. The molecule has 2 aliphatic rings. The van der Waals surface area contributed by atoms with Gasteiger partial charge in [0.2, 0.25) is 0 Å². The van der Waals surface area contributed by atoms with E-state index in [2.05, 4.69) is 69.8 Å². The summed E-state index contributed by atoms with van der Waals surface area (Å²) in [6.07, 6.45) is 7.38. The van der Waals surface area contributed by atoms with E-state index in [4.69, 9.17) is 19.4 Å². The smallest absolute Gasteiger partial charge is 0.0142 e. The number of hydrogen-bond acceptors (Lipinski definition) is 6. The Bertz CT molecular complexity index is 1640. The number of ether oxygens (including phenoxy) is 1. The third-order valence-electron chi connectivity index (χ3n) is 8.30. The molecule has 3 aromatic rings. The molecule has 2 fully saturated rings. The van der Waals surface area contributed by atoms with Crippen molar-refractivity contribution >= 4 is 57.3 Å². The number of nitrogens with zero attached hydrogens (tertiary/aromatic N) is 2. The Morgan fingerprint density at radius 3 is 2.33 bits per heavy atom. The first-order chi connectivity index (χ1) is 22.9. The molecule has 0 radical (unpaired) electrons. The normalized spacial score (nSPS) is 16.0. The SMILES string of the molecule is CC(C)[OH+]c1ccccc1NCc1ccc(S(=O)(=O)NC2CCCCC2)cc1[CH]=[Ru]([Cl])[Cl].CSN1[CH-]N(c2c(C)cc(C)cc2C)CC1. The summed E-state index contributed by atoms with van der Waals surface area (Å²) in [5, 5.41) is 3.42. The quantitative estimate of drug-likeness (QED) is 0.0663. The van der Waals surface area contributed by atoms with Gasteiger partial charge in [-0.1, -0.05) is 17.7 Å². The molecule has 0 bridgehead atoms. The molecule has 0 unspecified atom stereocenters. The molecule has 0 aromatic heterocycles. The molecular formula is C36H50Cl2N4O3RuS2. The van der Waals surface area contributed by atoms with Crippen molar-refractivity contribution in [3.63, 3.8) is 0 Å². The maximum atomic E-state index is 13.0. The van der Waals surface area contributed by atoms with E-state index >= 15 is 0 Å². The number of para-hydroxylation sites is 2. The van der Waals surface area contributed by atoms with E-state index in [-0.39, 0.29) is 17.0 Å². The first-order valence-corrected chi connectivity index (χ1v) is 24.5. The van der Waals surface area contributed by atoms with Crippen molar-refractivity contribution in [3.8, 4) is 5.75 Å². The van der Waals surface area contributed by atoms with E-state index in [1.54, 1.807) is 28.7 Å². The number of sulfonamides is 1. The number of anilines is 2. The van der Waals surface area contributed by atoms with Gasteiger partial charge in [-0.25, -0.2) is 0 Å². The van der Waals surface area contributed by atoms with E-state index in [9.17, 15) is 8.42 Å². The van der Waals surface area contributed by atoms with Gasteiger partial charge < -0.3 is 9.21 Å². The van der Waals surface area contributed by atoms with Gasteiger partial charge in [-0.3, -0.25) is 0 Å². The average molecular weight is 823 g/mol. The zero-order valence-electron chi connectivity index (χ0n) is 28.7. The maximum absolute atomic E-state index is 13.0. The zero-order chi connectivity index (χ0) is 34.8. The van der Waals surface area contributed by atoms with Crippen molar-refractivity contribution < 1.29 is 26.7 Å². The van der Waals surface area contributed by atoms with Crippen molar-refractivity contribution in [1.82, 2.24) is 9.03 Å². The third-order valence-corrected chi connectivity index (χ3v) is 12.4. The summed E-state index contributed by atoms with van der Waals surface area (Å²) >= 11 is -0.369. The predicted octanol–water partition coefficient (Wildman–Crippen LogP) is 8.77. The molecule has 3 aromatic carbocycles. The van der Waals surface area contributed by atoms with Crippen molar-refractivity contribution in [2.24, 2.45) is 0 Å². The third kappa shape index (κ3) is 11.4. The molecule has 7 nitrogen and oxygen atoms in total. The van der Waals surface area contributed by atoms with Gasteiger partial charge in [0.25, 0.3) is 0 Å². The van der Waals surface area contributed by atoms with E-state index in [0.717, 1.165) is 61.3 Å². The number of aromatic hydroxyl groups is 1. The van der Waals surface area contributed by atoms with Crippen molar-refractivity contribution in [2.45, 2.75) is 90.3 Å². The van der Waals surface area contributed by atoms with Crippen LogP contribution in [0.2, 0.25) is 0 Å². The summed E-state index contributed by atoms with van der Waals surface area (Å²) in [5.41, 5.74) is 8.08. The number of aryl methyl sites for hydroxylation is 3. The van der Waals surface area contributed by atoms with Crippen molar-refractivity contribution in [3.05, 3.63) is 89.1 Å². The van der Waals surface area contributed by atoms with Crippen LogP contribution in [-0.4, -0.2) is 53.6 Å². The average Bonchev–Trinajstić information content (AvgIpc) is 3.49. The van der Waals surface area contributed by atoms with Gasteiger partial charge in [-0.15, -0.1) is 11.9 Å². The van der Waals surface area contributed by atoms with Crippen LogP contribution in [0.4, 0.5) is 11.4 Å². The van der Waals surface area contributed by atoms with Gasteiger partial charge >= 0.3 is 205 Å². The largest absolute Gasteiger partial charge is 0.506 e. The Morgan fingerprint density at radius 1 is 1.02 bits per heavy atom. The Hall–Kier alpha value is -1.65. The molecule has 1 heterocycles. The van der Waals surface area contributed by atoms with Crippen molar-refractivity contribution in [1.29, 1.82) is 0 Å². The molecule has 1 aliphatic carbocycles. The molecule has 266 valence electrons. The molecule has 1 aliphatic heterocycles. The van der Waals surface area contributed by atoms with E-state index in [0.29, 0.717) is 6.54 Å². The van der Waals surface area contributed by atoms with Crippen LogP contribution in [0.5, 0.6) is 5.75 Å². The van der Waals surface area contributed by atoms with E-state index in [1.165, 1.54) is 28.8 Å². The minimum Gasteiger partial charge on any atom is -0.506 e. The van der Waals surface area contributed by atoms with Gasteiger partial charge in [0.15, 0.2) is 0 Å². The Labute approximate surface area is 305 Å². The first kappa shape index (κ1) is 39.1. The second kappa shape index (κ2) is 18.5. The Kier molecular flexibility index (Phi) is 15.1. The molecule has 0 atom stereocenters. The molecule has 5 rings (SSSR count). The van der Waals surface area contributed by atoms with Crippen LogP contribution in [0.3, 0.4) is 0 Å². The molecule has 0 amide bonds. The number of rotatable bonds is 11. The van der Waals surface area contributed by atoms with Gasteiger partial charge in [-0.2, -0.15) is 6.67 Å². The summed E-state index contributed by atoms with van der Waals surface area (Å²) in [7, 11) is 8.72. The molecule has 1 saturated heterocycles. The Balaban J connectivity index is 0.000000271. The topological polar surface area (TPSA) is 77.5 Å². The number of halogens is 2.